The van der Waals surface area contributed by atoms with Gasteiger partial charge in [-0.2, -0.15) is 0 Å². The molecule has 31 heavy (non-hydrogen) atoms. The van der Waals surface area contributed by atoms with E-state index in [1.807, 2.05) is 31.2 Å². The first-order valence-electron chi connectivity index (χ1n) is 11.6. The maximum Gasteiger partial charge on any atom is 0.323 e. The molecule has 0 amide bonds. The van der Waals surface area contributed by atoms with E-state index in [2.05, 4.69) is 54.5 Å². The van der Waals surface area contributed by atoms with Gasteiger partial charge in [0.15, 0.2) is 0 Å². The van der Waals surface area contributed by atoms with E-state index in [-0.39, 0.29) is 22.7 Å². The molecule has 2 aromatic rings. The van der Waals surface area contributed by atoms with Crippen molar-refractivity contribution in [3.05, 3.63) is 58.1 Å². The fraction of sp³-hybridized carbons (Fsp3) is 0.536. The van der Waals surface area contributed by atoms with E-state index < -0.39 is 0 Å². The van der Waals surface area contributed by atoms with Crippen molar-refractivity contribution in [2.75, 3.05) is 6.61 Å². The minimum Gasteiger partial charge on any atom is -0.494 e. The third-order valence-electron chi connectivity index (χ3n) is 6.08. The Labute approximate surface area is 188 Å². The van der Waals surface area contributed by atoms with Gasteiger partial charge in [-0.15, -0.1) is 0 Å². The Morgan fingerprint density at radius 1 is 0.935 bits per heavy atom. The van der Waals surface area contributed by atoms with Crippen molar-refractivity contribution in [3.63, 3.8) is 0 Å². The smallest absolute Gasteiger partial charge is 0.323 e. The van der Waals surface area contributed by atoms with Gasteiger partial charge < -0.3 is 9.47 Å². The molecule has 0 saturated carbocycles. The lowest BCUT2D eigenvalue weighted by atomic mass is 9.73. The molecule has 1 atom stereocenters. The summed E-state index contributed by atoms with van der Waals surface area (Å²) in [5.74, 6) is 1.05. The second-order valence-electron chi connectivity index (χ2n) is 10.7. The Morgan fingerprint density at radius 3 is 2.06 bits per heavy atom. The van der Waals surface area contributed by atoms with Crippen molar-refractivity contribution in [2.24, 2.45) is 0 Å². The van der Waals surface area contributed by atoms with Gasteiger partial charge >= 0.3 is 5.97 Å². The van der Waals surface area contributed by atoms with Gasteiger partial charge in [0.25, 0.3) is 0 Å². The van der Waals surface area contributed by atoms with E-state index in [0.29, 0.717) is 6.61 Å². The molecule has 1 unspecified atom stereocenters. The van der Waals surface area contributed by atoms with Crippen LogP contribution < -0.4 is 9.47 Å². The van der Waals surface area contributed by atoms with Gasteiger partial charge in [-0.25, -0.2) is 0 Å². The van der Waals surface area contributed by atoms with Crippen LogP contribution in [0.25, 0.3) is 0 Å². The molecule has 0 radical (unpaired) electrons. The number of carbonyl (C=O) groups is 1. The molecule has 1 aliphatic heterocycles. The Bertz CT molecular complexity index is 940. The van der Waals surface area contributed by atoms with Crippen molar-refractivity contribution in [3.8, 4) is 11.5 Å². The van der Waals surface area contributed by atoms with Crippen LogP contribution in [-0.4, -0.2) is 12.6 Å². The molecule has 0 N–H and O–H groups in total. The van der Waals surface area contributed by atoms with Crippen LogP contribution >= 0.6 is 0 Å². The number of unbranched alkanes of at least 4 members (excludes halogenated alkanes) is 1. The van der Waals surface area contributed by atoms with Gasteiger partial charge in [0, 0.05) is 11.1 Å². The zero-order valence-electron chi connectivity index (χ0n) is 20.5. The molecule has 3 nitrogen and oxygen atoms in total. The van der Waals surface area contributed by atoms with E-state index in [9.17, 15) is 4.79 Å². The van der Waals surface area contributed by atoms with Crippen LogP contribution in [0.3, 0.4) is 0 Å². The van der Waals surface area contributed by atoms with Crippen LogP contribution in [0.4, 0.5) is 0 Å². The van der Waals surface area contributed by atoms with Gasteiger partial charge in [-0.05, 0) is 59.4 Å². The predicted octanol–water partition coefficient (Wildman–Crippen LogP) is 7.07. The molecule has 3 rings (SSSR count). The second kappa shape index (κ2) is 8.68. The molecule has 0 bridgehead atoms. The zero-order chi connectivity index (χ0) is 23.0. The summed E-state index contributed by atoms with van der Waals surface area (Å²) in [4.78, 5) is 13.3. The lowest BCUT2D eigenvalue weighted by molar-refractivity contribution is -0.133. The normalized spacial score (nSPS) is 16.3. The quantitative estimate of drug-likeness (QED) is 0.369. The van der Waals surface area contributed by atoms with E-state index >= 15 is 0 Å². The van der Waals surface area contributed by atoms with Gasteiger partial charge in [0.05, 0.1) is 6.61 Å². The third-order valence-corrected chi connectivity index (χ3v) is 6.08. The molecular weight excluding hydrogens is 384 g/mol. The standard InChI is InChI=1S/C28H38O3/c1-9-11-12-20-21(27(3,4)5)17-22(28(6,7)8)25-24(20)23(26(29)31-25)18-13-15-19(16-14-18)30-10-2/h13-17,23H,9-12H2,1-8H3. The number of ether oxygens (including phenoxy) is 2. The van der Waals surface area contributed by atoms with Crippen molar-refractivity contribution in [2.45, 2.75) is 91.4 Å². The second-order valence-corrected chi connectivity index (χ2v) is 10.7. The Morgan fingerprint density at radius 2 is 1.55 bits per heavy atom. The van der Waals surface area contributed by atoms with Gasteiger partial charge in [0.2, 0.25) is 0 Å². The van der Waals surface area contributed by atoms with Crippen molar-refractivity contribution < 1.29 is 14.3 Å². The van der Waals surface area contributed by atoms with Gasteiger partial charge in [0.1, 0.15) is 17.4 Å². The highest BCUT2D eigenvalue weighted by Crippen LogP contribution is 2.50. The number of hydrogen-bond acceptors (Lipinski definition) is 3. The van der Waals surface area contributed by atoms with Gasteiger partial charge in [-0.3, -0.25) is 4.79 Å². The first-order chi connectivity index (χ1) is 14.5. The summed E-state index contributed by atoms with van der Waals surface area (Å²) in [6.45, 7) is 18.2. The summed E-state index contributed by atoms with van der Waals surface area (Å²) in [6.07, 6.45) is 3.16. The molecule has 3 heteroatoms. The molecule has 168 valence electrons. The van der Waals surface area contributed by atoms with E-state index in [4.69, 9.17) is 9.47 Å². The summed E-state index contributed by atoms with van der Waals surface area (Å²) < 4.78 is 11.6. The summed E-state index contributed by atoms with van der Waals surface area (Å²) in [7, 11) is 0. The molecule has 0 spiro atoms. The number of hydrogen-bond donors (Lipinski definition) is 0. The Kier molecular flexibility index (Phi) is 6.55. The highest BCUT2D eigenvalue weighted by Gasteiger charge is 2.42. The van der Waals surface area contributed by atoms with Crippen molar-refractivity contribution in [1.29, 1.82) is 0 Å². The minimum absolute atomic E-state index is 0.0207. The topological polar surface area (TPSA) is 35.5 Å². The molecule has 1 heterocycles. The molecule has 1 aliphatic rings. The van der Waals surface area contributed by atoms with E-state index in [1.54, 1.807) is 0 Å². The predicted molar refractivity (Wildman–Crippen MR) is 128 cm³/mol. The molecule has 0 fully saturated rings. The summed E-state index contributed by atoms with van der Waals surface area (Å²) in [5, 5.41) is 0. The maximum absolute atomic E-state index is 13.3. The van der Waals surface area contributed by atoms with Crippen LogP contribution in [0.2, 0.25) is 0 Å². The number of rotatable bonds is 6. The van der Waals surface area contributed by atoms with Crippen molar-refractivity contribution >= 4 is 5.97 Å². The average Bonchev–Trinajstić information content (AvgIpc) is 3.01. The first kappa shape index (κ1) is 23.4. The lowest BCUT2D eigenvalue weighted by Gasteiger charge is -2.30. The van der Waals surface area contributed by atoms with Crippen molar-refractivity contribution in [1.82, 2.24) is 0 Å². The SMILES string of the molecule is CCCCc1c(C(C)(C)C)cc(C(C)(C)C)c2c1C(c1ccc(OCC)cc1)C(=O)O2. The Hall–Kier alpha value is -2.29. The summed E-state index contributed by atoms with van der Waals surface area (Å²) >= 11 is 0. The summed E-state index contributed by atoms with van der Waals surface area (Å²) in [5.41, 5.74) is 5.65. The highest BCUT2D eigenvalue weighted by molar-refractivity contribution is 5.91. The highest BCUT2D eigenvalue weighted by atomic mass is 16.5. The average molecular weight is 423 g/mol. The third kappa shape index (κ3) is 4.66. The lowest BCUT2D eigenvalue weighted by Crippen LogP contribution is -2.21. The summed E-state index contributed by atoms with van der Waals surface area (Å²) in [6, 6.07) is 10.2. The van der Waals surface area contributed by atoms with Crippen LogP contribution in [0.5, 0.6) is 11.5 Å². The molecule has 0 saturated heterocycles. The fourth-order valence-electron chi connectivity index (χ4n) is 4.49. The maximum atomic E-state index is 13.3. The molecule has 0 aliphatic carbocycles. The number of fused-ring (bicyclic) bond motifs is 1. The minimum atomic E-state index is -0.388. The monoisotopic (exact) mass is 422 g/mol. The number of benzene rings is 2. The molecular formula is C28H38O3. The molecule has 2 aromatic carbocycles. The largest absolute Gasteiger partial charge is 0.494 e. The number of esters is 1. The van der Waals surface area contributed by atoms with Crippen LogP contribution in [0.1, 0.15) is 102 Å². The zero-order valence-corrected chi connectivity index (χ0v) is 20.5. The van der Waals surface area contributed by atoms with Crippen LogP contribution in [-0.2, 0) is 22.0 Å². The van der Waals surface area contributed by atoms with Crippen LogP contribution in [0.15, 0.2) is 30.3 Å². The Balaban J connectivity index is 2.28. The van der Waals surface area contributed by atoms with Crippen LogP contribution in [0, 0.1) is 0 Å². The van der Waals surface area contributed by atoms with E-state index in [0.717, 1.165) is 47.5 Å². The number of carbonyl (C=O) groups excluding carboxylic acids is 1. The van der Waals surface area contributed by atoms with Gasteiger partial charge in [-0.1, -0.05) is 73.1 Å². The molecule has 0 aromatic heterocycles. The first-order valence-corrected chi connectivity index (χ1v) is 11.6. The van der Waals surface area contributed by atoms with E-state index in [1.165, 1.54) is 11.1 Å². The fourth-order valence-corrected chi connectivity index (χ4v) is 4.49.